The molecule has 2 rings (SSSR count). The first-order valence-electron chi connectivity index (χ1n) is 6.81. The van der Waals surface area contributed by atoms with Gasteiger partial charge in [-0.1, -0.05) is 6.92 Å². The molecule has 2 heterocycles. The van der Waals surface area contributed by atoms with Crippen LogP contribution in [-0.2, 0) is 26.2 Å². The Balaban J connectivity index is 2.01. The molecule has 0 spiro atoms. The topological polar surface area (TPSA) is 71.8 Å². The molecule has 2 N–H and O–H groups in total. The largest absolute Gasteiger partial charge is 0.419 e. The fourth-order valence-corrected chi connectivity index (χ4v) is 2.92. The Kier molecular flexibility index (Phi) is 4.93. The number of alkyl halides is 3. The van der Waals surface area contributed by atoms with Gasteiger partial charge in [0.25, 0.3) is 0 Å². The molecule has 2 aromatic heterocycles. The van der Waals surface area contributed by atoms with E-state index in [0.29, 0.717) is 5.13 Å². The van der Waals surface area contributed by atoms with Gasteiger partial charge in [-0.3, -0.25) is 10.00 Å². The maximum Gasteiger partial charge on any atom is 0.419 e. The van der Waals surface area contributed by atoms with Crippen molar-refractivity contribution in [3.8, 4) is 0 Å². The lowest BCUT2D eigenvalue weighted by Gasteiger charge is -2.10. The summed E-state index contributed by atoms with van der Waals surface area (Å²) in [7, 11) is 1.39. The third-order valence-electron chi connectivity index (χ3n) is 3.23. The van der Waals surface area contributed by atoms with Crippen molar-refractivity contribution in [1.82, 2.24) is 20.1 Å². The average molecular weight is 347 g/mol. The zero-order valence-corrected chi connectivity index (χ0v) is 13.6. The highest BCUT2D eigenvalue weighted by molar-refractivity contribution is 7.15. The molecule has 0 unspecified atom stereocenters. The second-order valence-corrected chi connectivity index (χ2v) is 6.01. The predicted molar refractivity (Wildman–Crippen MR) is 80.3 cm³/mol. The molecule has 0 aliphatic carbocycles. The van der Waals surface area contributed by atoms with Crippen molar-refractivity contribution in [2.24, 2.45) is 7.05 Å². The van der Waals surface area contributed by atoms with Gasteiger partial charge in [0.1, 0.15) is 0 Å². The van der Waals surface area contributed by atoms with Gasteiger partial charge in [0.15, 0.2) is 5.13 Å². The van der Waals surface area contributed by atoms with E-state index in [1.54, 1.807) is 0 Å². The predicted octanol–water partition coefficient (Wildman–Crippen LogP) is 3.09. The Morgan fingerprint density at radius 1 is 1.43 bits per heavy atom. The number of nitrogens with zero attached hydrogens (tertiary/aromatic N) is 3. The zero-order chi connectivity index (χ0) is 17.2. The van der Waals surface area contributed by atoms with E-state index in [9.17, 15) is 18.0 Å². The SMILES string of the molecule is CCc1nc(NC(=O)NCc2c(C(F)(F)F)cnn2C)sc1C. The third kappa shape index (κ3) is 4.01. The number of thiazole rings is 1. The smallest absolute Gasteiger partial charge is 0.332 e. The maximum atomic E-state index is 12.8. The molecule has 10 heteroatoms. The highest BCUT2D eigenvalue weighted by Crippen LogP contribution is 2.31. The van der Waals surface area contributed by atoms with Crippen LogP contribution < -0.4 is 10.6 Å². The second-order valence-electron chi connectivity index (χ2n) is 4.81. The van der Waals surface area contributed by atoms with E-state index in [0.717, 1.165) is 27.9 Å². The van der Waals surface area contributed by atoms with Crippen molar-refractivity contribution in [3.63, 3.8) is 0 Å². The van der Waals surface area contributed by atoms with Crippen LogP contribution in [0.5, 0.6) is 0 Å². The van der Waals surface area contributed by atoms with Crippen LogP contribution in [0.2, 0.25) is 0 Å². The molecule has 0 bridgehead atoms. The highest BCUT2D eigenvalue weighted by Gasteiger charge is 2.35. The Morgan fingerprint density at radius 2 is 2.13 bits per heavy atom. The van der Waals surface area contributed by atoms with Gasteiger partial charge in [0.05, 0.1) is 29.7 Å². The number of nitrogens with one attached hydrogen (secondary N) is 2. The first kappa shape index (κ1) is 17.3. The summed E-state index contributed by atoms with van der Waals surface area (Å²) in [5.41, 5.74) is -0.0906. The molecule has 0 aliphatic heterocycles. The van der Waals surface area contributed by atoms with E-state index < -0.39 is 17.8 Å². The van der Waals surface area contributed by atoms with Gasteiger partial charge < -0.3 is 5.32 Å². The lowest BCUT2D eigenvalue weighted by molar-refractivity contribution is -0.138. The van der Waals surface area contributed by atoms with Crippen LogP contribution in [0.15, 0.2) is 6.20 Å². The second kappa shape index (κ2) is 6.57. The van der Waals surface area contributed by atoms with Gasteiger partial charge in [-0.2, -0.15) is 18.3 Å². The highest BCUT2D eigenvalue weighted by atomic mass is 32.1. The van der Waals surface area contributed by atoms with Crippen molar-refractivity contribution < 1.29 is 18.0 Å². The number of aromatic nitrogens is 3. The molecule has 0 aliphatic rings. The molecule has 2 amide bonds. The van der Waals surface area contributed by atoms with E-state index >= 15 is 0 Å². The Morgan fingerprint density at radius 3 is 2.70 bits per heavy atom. The lowest BCUT2D eigenvalue weighted by atomic mass is 10.2. The third-order valence-corrected chi connectivity index (χ3v) is 4.16. The van der Waals surface area contributed by atoms with Crippen LogP contribution in [0.25, 0.3) is 0 Å². The molecular weight excluding hydrogens is 331 g/mol. The van der Waals surface area contributed by atoms with E-state index in [1.165, 1.54) is 18.4 Å². The van der Waals surface area contributed by atoms with Crippen LogP contribution >= 0.6 is 11.3 Å². The number of amides is 2. The molecule has 126 valence electrons. The lowest BCUT2D eigenvalue weighted by Crippen LogP contribution is -2.30. The summed E-state index contributed by atoms with van der Waals surface area (Å²) in [5, 5.41) is 8.91. The number of carbonyl (C=O) groups is 1. The summed E-state index contributed by atoms with van der Waals surface area (Å²) in [6, 6.07) is -0.615. The molecular formula is C13H16F3N5OS. The molecule has 0 radical (unpaired) electrons. The number of halogens is 3. The number of hydrogen-bond donors (Lipinski definition) is 2. The Labute approximate surface area is 134 Å². The van der Waals surface area contributed by atoms with Crippen LogP contribution in [0.4, 0.5) is 23.1 Å². The van der Waals surface area contributed by atoms with Gasteiger partial charge in [0, 0.05) is 11.9 Å². The first-order chi connectivity index (χ1) is 10.7. The summed E-state index contributed by atoms with van der Waals surface area (Å²) in [6.45, 7) is 3.56. The standard InChI is InChI=1S/C13H16F3N5OS/c1-4-9-7(2)23-12(19-9)20-11(22)17-6-10-8(13(14,15)16)5-18-21(10)3/h5H,4,6H2,1-3H3,(H2,17,19,20,22). The number of carbonyl (C=O) groups excluding carboxylic acids is 1. The van der Waals surface area contributed by atoms with Gasteiger partial charge in [-0.25, -0.2) is 9.78 Å². The minimum atomic E-state index is -4.51. The van der Waals surface area contributed by atoms with Crippen molar-refractivity contribution in [2.75, 3.05) is 5.32 Å². The molecule has 0 saturated heterocycles. The van der Waals surface area contributed by atoms with E-state index in [1.807, 2.05) is 13.8 Å². The number of anilines is 1. The van der Waals surface area contributed by atoms with Crippen LogP contribution in [0.1, 0.15) is 28.8 Å². The fraction of sp³-hybridized carbons (Fsp3) is 0.462. The monoisotopic (exact) mass is 347 g/mol. The summed E-state index contributed by atoms with van der Waals surface area (Å²) >= 11 is 1.32. The Hall–Kier alpha value is -2.10. The van der Waals surface area contributed by atoms with Gasteiger partial charge in [-0.15, -0.1) is 11.3 Å². The summed E-state index contributed by atoms with van der Waals surface area (Å²) in [4.78, 5) is 17.1. The number of rotatable bonds is 4. The van der Waals surface area contributed by atoms with Crippen LogP contribution in [0, 0.1) is 6.92 Å². The molecule has 23 heavy (non-hydrogen) atoms. The Bertz CT molecular complexity index is 707. The van der Waals surface area contributed by atoms with E-state index in [2.05, 4.69) is 20.7 Å². The number of hydrogen-bond acceptors (Lipinski definition) is 4. The number of aryl methyl sites for hydroxylation is 3. The van der Waals surface area contributed by atoms with E-state index in [-0.39, 0.29) is 12.2 Å². The van der Waals surface area contributed by atoms with Crippen molar-refractivity contribution in [3.05, 3.63) is 28.0 Å². The minimum Gasteiger partial charge on any atom is -0.332 e. The van der Waals surface area contributed by atoms with Crippen molar-refractivity contribution in [1.29, 1.82) is 0 Å². The molecule has 0 fully saturated rings. The van der Waals surface area contributed by atoms with E-state index in [4.69, 9.17) is 0 Å². The van der Waals surface area contributed by atoms with Gasteiger partial charge >= 0.3 is 12.2 Å². The van der Waals surface area contributed by atoms with Crippen LogP contribution in [-0.4, -0.2) is 20.8 Å². The van der Waals surface area contributed by atoms with Crippen LogP contribution in [0.3, 0.4) is 0 Å². The molecule has 2 aromatic rings. The van der Waals surface area contributed by atoms with Crippen molar-refractivity contribution >= 4 is 22.5 Å². The molecule has 0 saturated carbocycles. The first-order valence-corrected chi connectivity index (χ1v) is 7.63. The maximum absolute atomic E-state index is 12.8. The van der Waals surface area contributed by atoms with Gasteiger partial charge in [-0.05, 0) is 13.3 Å². The molecule has 0 atom stereocenters. The average Bonchev–Trinajstić information content (AvgIpc) is 2.99. The zero-order valence-electron chi connectivity index (χ0n) is 12.8. The molecule has 6 nitrogen and oxygen atoms in total. The summed E-state index contributed by atoms with van der Waals surface area (Å²) in [5.74, 6) is 0. The summed E-state index contributed by atoms with van der Waals surface area (Å²) in [6.07, 6.45) is -3.02. The quantitative estimate of drug-likeness (QED) is 0.893. The van der Waals surface area contributed by atoms with Crippen molar-refractivity contribution in [2.45, 2.75) is 33.0 Å². The summed E-state index contributed by atoms with van der Waals surface area (Å²) < 4.78 is 39.6. The normalized spacial score (nSPS) is 11.6. The van der Waals surface area contributed by atoms with Gasteiger partial charge in [0.2, 0.25) is 0 Å². The minimum absolute atomic E-state index is 0.114. The number of urea groups is 1. The molecule has 0 aromatic carbocycles. The fourth-order valence-electron chi connectivity index (χ4n) is 2.02.